The van der Waals surface area contributed by atoms with Crippen molar-refractivity contribution in [2.24, 2.45) is 0 Å². The highest BCUT2D eigenvalue weighted by molar-refractivity contribution is 8.00. The third kappa shape index (κ3) is 5.23. The molecule has 0 aromatic heterocycles. The molecule has 2 aromatic rings. The van der Waals surface area contributed by atoms with Gasteiger partial charge in [0.2, 0.25) is 0 Å². The molecule has 0 radical (unpaired) electrons. The molecule has 6 heteroatoms. The molecule has 0 bridgehead atoms. The third-order valence-corrected chi connectivity index (χ3v) is 5.79. The fourth-order valence-corrected chi connectivity index (χ4v) is 4.13. The van der Waals surface area contributed by atoms with Crippen LogP contribution in [0.15, 0.2) is 53.4 Å². The van der Waals surface area contributed by atoms with E-state index < -0.39 is 5.97 Å². The minimum Gasteiger partial charge on any atom is -0.452 e. The number of ketones is 1. The maximum atomic E-state index is 12.4. The predicted molar refractivity (Wildman–Crippen MR) is 108 cm³/mol. The maximum absolute atomic E-state index is 12.4. The summed E-state index contributed by atoms with van der Waals surface area (Å²) in [6.45, 7) is 1.17. The van der Waals surface area contributed by atoms with E-state index in [9.17, 15) is 14.4 Å². The molecule has 2 aromatic carbocycles. The molecule has 0 unspecified atom stereocenters. The summed E-state index contributed by atoms with van der Waals surface area (Å²) in [5.41, 5.74) is 2.76. The third-order valence-electron chi connectivity index (χ3n) is 4.58. The van der Waals surface area contributed by atoms with Crippen LogP contribution in [0.4, 0.5) is 0 Å². The van der Waals surface area contributed by atoms with Gasteiger partial charge in [0.1, 0.15) is 5.78 Å². The summed E-state index contributed by atoms with van der Waals surface area (Å²) >= 11 is 1.29. The Bertz CT molecular complexity index is 880. The molecule has 146 valence electrons. The Kier molecular flexibility index (Phi) is 6.87. The lowest BCUT2D eigenvalue weighted by molar-refractivity contribution is -0.125. The summed E-state index contributed by atoms with van der Waals surface area (Å²) in [6.07, 6.45) is 2.91. The van der Waals surface area contributed by atoms with Crippen molar-refractivity contribution in [2.75, 3.05) is 12.4 Å². The Labute approximate surface area is 168 Å². The summed E-state index contributed by atoms with van der Waals surface area (Å²) in [5, 5.41) is 2.97. The van der Waals surface area contributed by atoms with E-state index in [4.69, 9.17) is 4.74 Å². The van der Waals surface area contributed by atoms with Crippen LogP contribution in [-0.4, -0.2) is 30.0 Å². The summed E-state index contributed by atoms with van der Waals surface area (Å²) in [4.78, 5) is 36.6. The fourth-order valence-electron chi connectivity index (χ4n) is 3.29. The summed E-state index contributed by atoms with van der Waals surface area (Å²) in [7, 11) is 0. The Morgan fingerprint density at radius 3 is 2.68 bits per heavy atom. The molecule has 1 N–H and O–H groups in total. The first-order chi connectivity index (χ1) is 13.5. The molecule has 1 amide bonds. The van der Waals surface area contributed by atoms with Crippen LogP contribution >= 0.6 is 11.8 Å². The van der Waals surface area contributed by atoms with E-state index in [1.165, 1.54) is 24.2 Å². The van der Waals surface area contributed by atoms with Gasteiger partial charge in [0.05, 0.1) is 17.4 Å². The maximum Gasteiger partial charge on any atom is 0.339 e. The molecule has 0 heterocycles. The van der Waals surface area contributed by atoms with Gasteiger partial charge in [-0.3, -0.25) is 9.59 Å². The first kappa shape index (κ1) is 20.1. The molecule has 0 saturated heterocycles. The van der Waals surface area contributed by atoms with Gasteiger partial charge >= 0.3 is 5.97 Å². The number of fused-ring (bicyclic) bond motifs is 1. The Balaban J connectivity index is 1.57. The van der Waals surface area contributed by atoms with E-state index in [0.717, 1.165) is 24.8 Å². The largest absolute Gasteiger partial charge is 0.452 e. The quantitative estimate of drug-likeness (QED) is 0.569. The Hall–Kier alpha value is -2.60. The lowest BCUT2D eigenvalue weighted by Crippen LogP contribution is -2.34. The normalized spacial score (nSPS) is 15.4. The first-order valence-corrected chi connectivity index (χ1v) is 10.3. The highest BCUT2D eigenvalue weighted by atomic mass is 32.2. The first-order valence-electron chi connectivity index (χ1n) is 9.30. The van der Waals surface area contributed by atoms with Crippen molar-refractivity contribution >= 4 is 29.4 Å². The number of nitrogens with one attached hydrogen (secondary N) is 1. The van der Waals surface area contributed by atoms with Crippen molar-refractivity contribution < 1.29 is 19.1 Å². The molecule has 28 heavy (non-hydrogen) atoms. The zero-order valence-electron chi connectivity index (χ0n) is 15.8. The van der Waals surface area contributed by atoms with Crippen molar-refractivity contribution in [1.29, 1.82) is 0 Å². The molecular weight excluding hydrogens is 374 g/mol. The van der Waals surface area contributed by atoms with Crippen LogP contribution in [0.1, 0.15) is 47.3 Å². The second-order valence-corrected chi connectivity index (χ2v) is 7.79. The van der Waals surface area contributed by atoms with Crippen LogP contribution in [0.5, 0.6) is 0 Å². The topological polar surface area (TPSA) is 72.5 Å². The van der Waals surface area contributed by atoms with E-state index in [2.05, 4.69) is 11.4 Å². The summed E-state index contributed by atoms with van der Waals surface area (Å²) in [6, 6.07) is 15.0. The van der Waals surface area contributed by atoms with Gasteiger partial charge in [-0.25, -0.2) is 4.79 Å². The van der Waals surface area contributed by atoms with Crippen LogP contribution in [0, 0.1) is 0 Å². The number of rotatable bonds is 7. The number of carbonyl (C=O) groups excluding carboxylic acids is 3. The average molecular weight is 397 g/mol. The minimum atomic E-state index is -0.564. The number of hydrogen-bond acceptors (Lipinski definition) is 5. The highest BCUT2D eigenvalue weighted by Gasteiger charge is 2.22. The van der Waals surface area contributed by atoms with Gasteiger partial charge in [-0.05, 0) is 49.4 Å². The Morgan fingerprint density at radius 1 is 1.11 bits per heavy atom. The number of hydrogen-bond donors (Lipinski definition) is 1. The lowest BCUT2D eigenvalue weighted by Gasteiger charge is -2.26. The molecule has 1 atom stereocenters. The smallest absolute Gasteiger partial charge is 0.339 e. The predicted octanol–water partition coefficient (Wildman–Crippen LogP) is 3.72. The number of benzene rings is 2. The number of thioether (sulfide) groups is 1. The molecule has 1 aliphatic carbocycles. The molecule has 0 saturated carbocycles. The van der Waals surface area contributed by atoms with Crippen molar-refractivity contribution in [3.05, 3.63) is 65.2 Å². The number of esters is 1. The summed E-state index contributed by atoms with van der Waals surface area (Å²) in [5.74, 6) is -0.568. The van der Waals surface area contributed by atoms with Gasteiger partial charge in [-0.1, -0.05) is 36.4 Å². The highest BCUT2D eigenvalue weighted by Crippen LogP contribution is 2.29. The molecule has 0 aliphatic heterocycles. The van der Waals surface area contributed by atoms with Crippen LogP contribution in [0.3, 0.4) is 0 Å². The lowest BCUT2D eigenvalue weighted by atomic mass is 9.88. The number of Topliss-reactive ketones (excluding diaryl/α,β-unsaturated/α-hetero) is 1. The average Bonchev–Trinajstić information content (AvgIpc) is 2.71. The zero-order valence-corrected chi connectivity index (χ0v) is 16.6. The fraction of sp³-hybridized carbons (Fsp3) is 0.318. The van der Waals surface area contributed by atoms with Gasteiger partial charge < -0.3 is 10.1 Å². The van der Waals surface area contributed by atoms with E-state index in [0.29, 0.717) is 10.5 Å². The van der Waals surface area contributed by atoms with E-state index >= 15 is 0 Å². The monoisotopic (exact) mass is 397 g/mol. The SMILES string of the molecule is CC(=O)CSc1ccccc1C(=O)OCC(=O)N[C@H]1CCCc2ccccc21. The van der Waals surface area contributed by atoms with Crippen molar-refractivity contribution in [1.82, 2.24) is 5.32 Å². The number of carbonyl (C=O) groups is 3. The van der Waals surface area contributed by atoms with Gasteiger partial charge in [0.25, 0.3) is 5.91 Å². The number of aryl methyl sites for hydroxylation is 1. The van der Waals surface area contributed by atoms with Crippen molar-refractivity contribution in [2.45, 2.75) is 37.1 Å². The standard InChI is InChI=1S/C22H23NO4S/c1-15(24)14-28-20-12-5-4-10-18(20)22(26)27-13-21(25)23-19-11-6-8-16-7-2-3-9-17(16)19/h2-5,7,9-10,12,19H,6,8,11,13-14H2,1H3,(H,23,25)/t19-/m0/s1. The molecule has 1 aliphatic rings. The molecular formula is C22H23NO4S. The minimum absolute atomic E-state index is 0.0281. The van der Waals surface area contributed by atoms with Gasteiger partial charge in [0.15, 0.2) is 6.61 Å². The van der Waals surface area contributed by atoms with Crippen molar-refractivity contribution in [3.8, 4) is 0 Å². The summed E-state index contributed by atoms with van der Waals surface area (Å²) < 4.78 is 5.22. The Morgan fingerprint density at radius 2 is 1.86 bits per heavy atom. The van der Waals surface area contributed by atoms with E-state index in [-0.39, 0.29) is 30.1 Å². The zero-order chi connectivity index (χ0) is 19.9. The molecule has 0 spiro atoms. The number of ether oxygens (including phenoxy) is 1. The molecule has 5 nitrogen and oxygen atoms in total. The van der Waals surface area contributed by atoms with E-state index in [1.807, 2.05) is 18.2 Å². The van der Waals surface area contributed by atoms with Crippen molar-refractivity contribution in [3.63, 3.8) is 0 Å². The molecule has 3 rings (SSSR count). The van der Waals surface area contributed by atoms with Gasteiger partial charge in [-0.2, -0.15) is 0 Å². The second-order valence-electron chi connectivity index (χ2n) is 6.77. The van der Waals surface area contributed by atoms with Crippen LogP contribution in [0.25, 0.3) is 0 Å². The van der Waals surface area contributed by atoms with Gasteiger partial charge in [-0.15, -0.1) is 11.8 Å². The van der Waals surface area contributed by atoms with Crippen LogP contribution in [0.2, 0.25) is 0 Å². The van der Waals surface area contributed by atoms with Gasteiger partial charge in [0, 0.05) is 4.90 Å². The number of amides is 1. The second kappa shape index (κ2) is 9.55. The van der Waals surface area contributed by atoms with Crippen LogP contribution < -0.4 is 5.32 Å². The molecule has 0 fully saturated rings. The van der Waals surface area contributed by atoms with Crippen LogP contribution in [-0.2, 0) is 20.7 Å². The van der Waals surface area contributed by atoms with E-state index in [1.54, 1.807) is 24.3 Å².